The molecule has 1 aromatic heterocycles. The number of hydrogen-bond donors (Lipinski definition) is 0. The number of anilines is 1. The van der Waals surface area contributed by atoms with Crippen molar-refractivity contribution in [2.75, 3.05) is 29.5 Å². The number of nitrogens with zero attached hydrogens (tertiary/aromatic N) is 3. The molecule has 0 radical (unpaired) electrons. The Morgan fingerprint density at radius 2 is 1.79 bits per heavy atom. The van der Waals surface area contributed by atoms with Gasteiger partial charge in [0.25, 0.3) is 0 Å². The summed E-state index contributed by atoms with van der Waals surface area (Å²) in [7, 11) is -2.89. The Balaban J connectivity index is 2.34. The van der Waals surface area contributed by atoms with Crippen molar-refractivity contribution in [3.05, 3.63) is 16.5 Å². The van der Waals surface area contributed by atoms with Crippen molar-refractivity contribution in [2.45, 2.75) is 26.7 Å². The van der Waals surface area contributed by atoms with Crippen LogP contribution in [0.25, 0.3) is 0 Å². The highest BCUT2D eigenvalue weighted by Gasteiger charge is 2.25. The van der Waals surface area contributed by atoms with Gasteiger partial charge in [-0.05, 0) is 6.92 Å². The summed E-state index contributed by atoms with van der Waals surface area (Å²) in [6.07, 6.45) is 0. The van der Waals surface area contributed by atoms with Crippen molar-refractivity contribution in [3.8, 4) is 0 Å². The topological polar surface area (TPSA) is 63.2 Å². The molecule has 1 aliphatic rings. The van der Waals surface area contributed by atoms with Crippen LogP contribution in [0.5, 0.6) is 0 Å². The highest BCUT2D eigenvalue weighted by molar-refractivity contribution is 7.91. The van der Waals surface area contributed by atoms with Crippen LogP contribution in [0.4, 0.5) is 5.82 Å². The van der Waals surface area contributed by atoms with Crippen molar-refractivity contribution in [2.24, 2.45) is 0 Å². The standard InChI is InChI=1S/C12H18ClN3O2S/c1-8(2)11-14-10(13)9(3)12(15-11)16-4-6-19(17,18)7-5-16/h8H,4-7H2,1-3H3. The molecule has 19 heavy (non-hydrogen) atoms. The summed E-state index contributed by atoms with van der Waals surface area (Å²) < 4.78 is 22.9. The van der Waals surface area contributed by atoms with Crippen molar-refractivity contribution >= 4 is 27.3 Å². The van der Waals surface area contributed by atoms with Crippen LogP contribution in [0.3, 0.4) is 0 Å². The highest BCUT2D eigenvalue weighted by Crippen LogP contribution is 2.26. The van der Waals surface area contributed by atoms with E-state index in [0.717, 1.165) is 11.4 Å². The van der Waals surface area contributed by atoms with Gasteiger partial charge in [0, 0.05) is 24.6 Å². The van der Waals surface area contributed by atoms with Crippen LogP contribution in [0.15, 0.2) is 0 Å². The van der Waals surface area contributed by atoms with Crippen molar-refractivity contribution in [3.63, 3.8) is 0 Å². The molecule has 1 aromatic rings. The molecule has 2 rings (SSSR count). The number of halogens is 1. The molecule has 0 bridgehead atoms. The number of rotatable bonds is 2. The Morgan fingerprint density at radius 1 is 1.21 bits per heavy atom. The molecule has 7 heteroatoms. The lowest BCUT2D eigenvalue weighted by Crippen LogP contribution is -2.41. The third-order valence-corrected chi connectivity index (χ3v) is 5.22. The van der Waals surface area contributed by atoms with E-state index in [1.807, 2.05) is 25.7 Å². The van der Waals surface area contributed by atoms with E-state index >= 15 is 0 Å². The minimum atomic E-state index is -2.89. The Kier molecular flexibility index (Phi) is 4.01. The lowest BCUT2D eigenvalue weighted by Gasteiger charge is -2.29. The van der Waals surface area contributed by atoms with Gasteiger partial charge in [-0.15, -0.1) is 0 Å². The Labute approximate surface area is 118 Å². The van der Waals surface area contributed by atoms with Gasteiger partial charge in [-0.3, -0.25) is 0 Å². The van der Waals surface area contributed by atoms with Gasteiger partial charge in [-0.1, -0.05) is 25.4 Å². The van der Waals surface area contributed by atoms with Gasteiger partial charge >= 0.3 is 0 Å². The first-order valence-electron chi connectivity index (χ1n) is 6.29. The van der Waals surface area contributed by atoms with Crippen LogP contribution >= 0.6 is 11.6 Å². The number of hydrogen-bond acceptors (Lipinski definition) is 5. The molecular weight excluding hydrogens is 286 g/mol. The average molecular weight is 304 g/mol. The first kappa shape index (κ1) is 14.5. The normalized spacial score (nSPS) is 18.9. The summed E-state index contributed by atoms with van der Waals surface area (Å²) in [5.41, 5.74) is 0.811. The van der Waals surface area contributed by atoms with E-state index in [1.165, 1.54) is 0 Å². The monoisotopic (exact) mass is 303 g/mol. The third kappa shape index (κ3) is 3.17. The molecule has 0 unspecified atom stereocenters. The lowest BCUT2D eigenvalue weighted by atomic mass is 10.2. The summed E-state index contributed by atoms with van der Waals surface area (Å²) in [6, 6.07) is 0. The molecule has 1 saturated heterocycles. The second-order valence-electron chi connectivity index (χ2n) is 5.11. The quantitative estimate of drug-likeness (QED) is 0.780. The van der Waals surface area contributed by atoms with E-state index < -0.39 is 9.84 Å². The van der Waals surface area contributed by atoms with Crippen molar-refractivity contribution in [1.29, 1.82) is 0 Å². The maximum atomic E-state index is 11.5. The van der Waals surface area contributed by atoms with Gasteiger partial charge in [0.05, 0.1) is 11.5 Å². The summed E-state index contributed by atoms with van der Waals surface area (Å²) in [5, 5.41) is 0.446. The Morgan fingerprint density at radius 3 is 2.32 bits per heavy atom. The zero-order valence-corrected chi connectivity index (χ0v) is 12.9. The van der Waals surface area contributed by atoms with E-state index in [0.29, 0.717) is 24.1 Å². The van der Waals surface area contributed by atoms with Gasteiger partial charge in [0.15, 0.2) is 9.84 Å². The zero-order chi connectivity index (χ0) is 14.2. The highest BCUT2D eigenvalue weighted by atomic mass is 35.5. The van der Waals surface area contributed by atoms with Crippen LogP contribution in [0, 0.1) is 6.92 Å². The molecule has 106 valence electrons. The van der Waals surface area contributed by atoms with E-state index in [9.17, 15) is 8.42 Å². The SMILES string of the molecule is Cc1c(Cl)nc(C(C)C)nc1N1CCS(=O)(=O)CC1. The molecule has 0 atom stereocenters. The largest absolute Gasteiger partial charge is 0.354 e. The molecule has 0 aliphatic carbocycles. The maximum absolute atomic E-state index is 11.5. The molecule has 2 heterocycles. The molecule has 0 aromatic carbocycles. The molecule has 0 N–H and O–H groups in total. The van der Waals surface area contributed by atoms with Crippen LogP contribution in [0.1, 0.15) is 31.2 Å². The van der Waals surface area contributed by atoms with Gasteiger partial charge in [0.1, 0.15) is 16.8 Å². The first-order chi connectivity index (χ1) is 8.80. The van der Waals surface area contributed by atoms with Crippen molar-refractivity contribution in [1.82, 2.24) is 9.97 Å². The average Bonchev–Trinajstić information content (AvgIpc) is 2.32. The zero-order valence-electron chi connectivity index (χ0n) is 11.4. The minimum absolute atomic E-state index is 0.172. The van der Waals surface area contributed by atoms with Crippen LogP contribution in [-0.4, -0.2) is 43.0 Å². The molecule has 5 nitrogen and oxygen atoms in total. The molecule has 1 fully saturated rings. The summed E-state index contributed by atoms with van der Waals surface area (Å²) in [6.45, 7) is 6.81. The van der Waals surface area contributed by atoms with Gasteiger partial charge in [0.2, 0.25) is 0 Å². The van der Waals surface area contributed by atoms with Crippen LogP contribution in [-0.2, 0) is 9.84 Å². The predicted molar refractivity (Wildman–Crippen MR) is 76.7 cm³/mol. The second kappa shape index (κ2) is 5.25. The molecular formula is C12H18ClN3O2S. The molecule has 0 saturated carbocycles. The fourth-order valence-electron chi connectivity index (χ4n) is 1.98. The van der Waals surface area contributed by atoms with Gasteiger partial charge < -0.3 is 4.90 Å². The van der Waals surface area contributed by atoms with Crippen molar-refractivity contribution < 1.29 is 8.42 Å². The van der Waals surface area contributed by atoms with Crippen LogP contribution in [0.2, 0.25) is 5.15 Å². The Hall–Kier alpha value is -0.880. The number of aromatic nitrogens is 2. The van der Waals surface area contributed by atoms with Crippen LogP contribution < -0.4 is 4.90 Å². The first-order valence-corrected chi connectivity index (χ1v) is 8.49. The fraction of sp³-hybridized carbons (Fsp3) is 0.667. The van der Waals surface area contributed by atoms with E-state index in [1.54, 1.807) is 0 Å². The van der Waals surface area contributed by atoms with Gasteiger partial charge in [-0.2, -0.15) is 0 Å². The fourth-order valence-corrected chi connectivity index (χ4v) is 3.36. The third-order valence-electron chi connectivity index (χ3n) is 3.24. The lowest BCUT2D eigenvalue weighted by molar-refractivity contribution is 0.586. The minimum Gasteiger partial charge on any atom is -0.354 e. The maximum Gasteiger partial charge on any atom is 0.153 e. The smallest absolute Gasteiger partial charge is 0.153 e. The molecule has 0 amide bonds. The predicted octanol–water partition coefficient (Wildman–Crippen LogP) is 1.80. The Bertz CT molecular complexity index is 573. The number of sulfone groups is 1. The van der Waals surface area contributed by atoms with Gasteiger partial charge in [-0.25, -0.2) is 18.4 Å². The summed E-state index contributed by atoms with van der Waals surface area (Å²) >= 11 is 6.14. The van der Waals surface area contributed by atoms with E-state index in [4.69, 9.17) is 11.6 Å². The second-order valence-corrected chi connectivity index (χ2v) is 7.78. The molecule has 0 spiro atoms. The molecule has 1 aliphatic heterocycles. The summed E-state index contributed by atoms with van der Waals surface area (Å²) in [5.74, 6) is 1.99. The van der Waals surface area contributed by atoms with E-state index in [-0.39, 0.29) is 17.4 Å². The summed E-state index contributed by atoms with van der Waals surface area (Å²) in [4.78, 5) is 10.8. The van der Waals surface area contributed by atoms with E-state index in [2.05, 4.69) is 9.97 Å².